The van der Waals surface area contributed by atoms with Crippen LogP contribution in [0.4, 0.5) is 0 Å². The van der Waals surface area contributed by atoms with E-state index in [1.807, 2.05) is 28.0 Å². The predicted octanol–water partition coefficient (Wildman–Crippen LogP) is 4.88. The highest BCUT2D eigenvalue weighted by Crippen LogP contribution is 2.54. The number of nitrogens with zero attached hydrogens (tertiary/aromatic N) is 3. The molecular formula is C31H38ClN3O4. The Morgan fingerprint density at radius 1 is 1.13 bits per heavy atom. The SMILES string of the molecule is C[C@H]1CCCC[C@H]1C(=O)N1CCc2c(Cl)ccc(OCc3cccc(=O)n3C)c2[C@H]1CN1CC2(CC2)CC1=O. The molecule has 1 aromatic carbocycles. The maximum absolute atomic E-state index is 14.1. The normalized spacial score (nSPS) is 25.6. The van der Waals surface area contributed by atoms with Crippen LogP contribution in [0.2, 0.25) is 5.02 Å². The third-order valence-electron chi connectivity index (χ3n) is 9.70. The molecule has 3 atom stereocenters. The number of amides is 2. The molecule has 0 radical (unpaired) electrons. The van der Waals surface area contributed by atoms with E-state index in [0.717, 1.165) is 55.5 Å². The molecular weight excluding hydrogens is 514 g/mol. The Labute approximate surface area is 235 Å². The predicted molar refractivity (Wildman–Crippen MR) is 150 cm³/mol. The molecule has 208 valence electrons. The summed E-state index contributed by atoms with van der Waals surface area (Å²) in [4.78, 5) is 43.4. The first-order chi connectivity index (χ1) is 18.8. The lowest BCUT2D eigenvalue weighted by Crippen LogP contribution is -2.49. The van der Waals surface area contributed by atoms with E-state index in [9.17, 15) is 14.4 Å². The molecule has 2 amide bonds. The number of rotatable bonds is 6. The van der Waals surface area contributed by atoms with Gasteiger partial charge in [-0.1, -0.05) is 37.4 Å². The Balaban J connectivity index is 1.36. The van der Waals surface area contributed by atoms with Gasteiger partial charge in [-0.3, -0.25) is 14.4 Å². The van der Waals surface area contributed by atoms with Crippen molar-refractivity contribution in [3.05, 3.63) is 62.5 Å². The van der Waals surface area contributed by atoms with E-state index in [0.29, 0.717) is 42.6 Å². The zero-order valence-electron chi connectivity index (χ0n) is 23.0. The molecule has 3 fully saturated rings. The molecule has 0 bridgehead atoms. The average molecular weight is 552 g/mol. The van der Waals surface area contributed by atoms with E-state index in [1.165, 1.54) is 12.5 Å². The van der Waals surface area contributed by atoms with Crippen LogP contribution in [0.3, 0.4) is 0 Å². The minimum Gasteiger partial charge on any atom is -0.487 e. The standard InChI is InChI=1S/C31H38ClN3O4/c1-20-6-3-4-8-22(20)30(38)35-15-12-23-24(32)10-11-26(39-18-21-7-5-9-27(36)33(21)2)29(23)25(35)17-34-19-31(13-14-31)16-28(34)37/h5,7,9-11,20,22,25H,3-4,6,8,12-19H2,1-2H3/t20-,22+,25+/m0/s1. The first-order valence-electron chi connectivity index (χ1n) is 14.4. The number of benzene rings is 1. The van der Waals surface area contributed by atoms with Crippen LogP contribution in [0.5, 0.6) is 5.75 Å². The topological polar surface area (TPSA) is 71.8 Å². The van der Waals surface area contributed by atoms with E-state index < -0.39 is 0 Å². The number of hydrogen-bond donors (Lipinski definition) is 0. The summed E-state index contributed by atoms with van der Waals surface area (Å²) in [6.07, 6.45) is 7.73. The zero-order chi connectivity index (χ0) is 27.3. The Hall–Kier alpha value is -2.80. The summed E-state index contributed by atoms with van der Waals surface area (Å²) in [5, 5.41) is 0.666. The molecule has 6 rings (SSSR count). The molecule has 4 aliphatic rings. The van der Waals surface area contributed by atoms with Gasteiger partial charge in [-0.15, -0.1) is 0 Å². The van der Waals surface area contributed by atoms with Crippen molar-refractivity contribution in [1.29, 1.82) is 0 Å². The molecule has 2 aliphatic carbocycles. The van der Waals surface area contributed by atoms with E-state index >= 15 is 0 Å². The van der Waals surface area contributed by atoms with Crippen molar-refractivity contribution in [2.45, 2.75) is 70.9 Å². The van der Waals surface area contributed by atoms with Crippen molar-refractivity contribution >= 4 is 23.4 Å². The minimum atomic E-state index is -0.318. The molecule has 0 N–H and O–H groups in total. The molecule has 1 saturated heterocycles. The van der Waals surface area contributed by atoms with Gasteiger partial charge in [0.15, 0.2) is 0 Å². The summed E-state index contributed by atoms with van der Waals surface area (Å²) in [6.45, 7) is 4.23. The highest BCUT2D eigenvalue weighted by atomic mass is 35.5. The lowest BCUT2D eigenvalue weighted by atomic mass is 9.78. The summed E-state index contributed by atoms with van der Waals surface area (Å²) < 4.78 is 7.97. The van der Waals surface area contributed by atoms with Crippen molar-refractivity contribution < 1.29 is 14.3 Å². The third-order valence-corrected chi connectivity index (χ3v) is 10.1. The van der Waals surface area contributed by atoms with Gasteiger partial charge in [0, 0.05) is 55.7 Å². The number of pyridine rings is 1. The highest BCUT2D eigenvalue weighted by molar-refractivity contribution is 6.31. The van der Waals surface area contributed by atoms with Crippen LogP contribution in [0, 0.1) is 17.3 Å². The fourth-order valence-corrected chi connectivity index (χ4v) is 7.29. The molecule has 1 spiro atoms. The second-order valence-corrected chi connectivity index (χ2v) is 12.7. The van der Waals surface area contributed by atoms with Gasteiger partial charge in [-0.05, 0) is 67.2 Å². The van der Waals surface area contributed by atoms with Crippen molar-refractivity contribution in [3.8, 4) is 5.75 Å². The average Bonchev–Trinajstić information content (AvgIpc) is 3.60. The minimum absolute atomic E-state index is 0.00856. The number of fused-ring (bicyclic) bond motifs is 1. The van der Waals surface area contributed by atoms with Gasteiger partial charge in [0.2, 0.25) is 11.8 Å². The summed E-state index contributed by atoms with van der Waals surface area (Å²) in [5.41, 5.74) is 2.72. The highest BCUT2D eigenvalue weighted by Gasteiger charge is 2.52. The molecule has 2 saturated carbocycles. The number of carbonyl (C=O) groups is 2. The molecule has 0 unspecified atom stereocenters. The first kappa shape index (κ1) is 26.4. The number of hydrogen-bond acceptors (Lipinski definition) is 4. The van der Waals surface area contributed by atoms with Crippen LogP contribution in [0.1, 0.15) is 74.7 Å². The first-order valence-corrected chi connectivity index (χ1v) is 14.8. The molecule has 7 nitrogen and oxygen atoms in total. The van der Waals surface area contributed by atoms with Crippen LogP contribution in [-0.4, -0.2) is 45.8 Å². The molecule has 2 aliphatic heterocycles. The Morgan fingerprint density at radius 3 is 2.67 bits per heavy atom. The summed E-state index contributed by atoms with van der Waals surface area (Å²) >= 11 is 6.76. The number of likely N-dealkylation sites (tertiary alicyclic amines) is 1. The number of ether oxygens (including phenoxy) is 1. The van der Waals surface area contributed by atoms with E-state index in [-0.39, 0.29) is 41.4 Å². The lowest BCUT2D eigenvalue weighted by molar-refractivity contribution is -0.143. The summed E-state index contributed by atoms with van der Waals surface area (Å²) in [5.74, 6) is 1.40. The van der Waals surface area contributed by atoms with Crippen molar-refractivity contribution in [1.82, 2.24) is 14.4 Å². The summed E-state index contributed by atoms with van der Waals surface area (Å²) in [7, 11) is 1.74. The summed E-state index contributed by atoms with van der Waals surface area (Å²) in [6, 6.07) is 8.55. The van der Waals surface area contributed by atoms with Gasteiger partial charge in [0.25, 0.3) is 5.56 Å². The van der Waals surface area contributed by atoms with Gasteiger partial charge < -0.3 is 19.1 Å². The number of carbonyl (C=O) groups excluding carboxylic acids is 2. The molecule has 39 heavy (non-hydrogen) atoms. The Bertz CT molecular complexity index is 1350. The number of aromatic nitrogens is 1. The van der Waals surface area contributed by atoms with Gasteiger partial charge in [-0.25, -0.2) is 0 Å². The van der Waals surface area contributed by atoms with E-state index in [1.54, 1.807) is 17.7 Å². The van der Waals surface area contributed by atoms with Crippen LogP contribution in [0.25, 0.3) is 0 Å². The van der Waals surface area contributed by atoms with E-state index in [4.69, 9.17) is 16.3 Å². The maximum atomic E-state index is 14.1. The largest absolute Gasteiger partial charge is 0.487 e. The molecule has 3 heterocycles. The van der Waals surface area contributed by atoms with E-state index in [2.05, 4.69) is 6.92 Å². The van der Waals surface area contributed by atoms with Crippen LogP contribution in [0.15, 0.2) is 35.1 Å². The van der Waals surface area contributed by atoms with Gasteiger partial charge in [0.1, 0.15) is 12.4 Å². The molecule has 2 aromatic rings. The molecule has 8 heteroatoms. The number of halogens is 1. The smallest absolute Gasteiger partial charge is 0.250 e. The second-order valence-electron chi connectivity index (χ2n) is 12.3. The van der Waals surface area contributed by atoms with Crippen molar-refractivity contribution in [2.75, 3.05) is 19.6 Å². The Kier molecular flexibility index (Phi) is 6.98. The van der Waals surface area contributed by atoms with Crippen LogP contribution >= 0.6 is 11.6 Å². The van der Waals surface area contributed by atoms with Gasteiger partial charge >= 0.3 is 0 Å². The van der Waals surface area contributed by atoms with Crippen LogP contribution < -0.4 is 10.3 Å². The van der Waals surface area contributed by atoms with Crippen molar-refractivity contribution in [3.63, 3.8) is 0 Å². The monoisotopic (exact) mass is 551 g/mol. The maximum Gasteiger partial charge on any atom is 0.250 e. The van der Waals surface area contributed by atoms with Crippen LogP contribution in [-0.2, 0) is 29.7 Å². The van der Waals surface area contributed by atoms with Gasteiger partial charge in [0.05, 0.1) is 11.7 Å². The zero-order valence-corrected chi connectivity index (χ0v) is 23.7. The molecule has 1 aromatic heterocycles. The third kappa shape index (κ3) is 4.99. The fraction of sp³-hybridized carbons (Fsp3) is 0.581. The fourth-order valence-electron chi connectivity index (χ4n) is 7.03. The quantitative estimate of drug-likeness (QED) is 0.513. The Morgan fingerprint density at radius 2 is 1.92 bits per heavy atom. The second kappa shape index (κ2) is 10.3. The van der Waals surface area contributed by atoms with Crippen molar-refractivity contribution in [2.24, 2.45) is 24.3 Å². The van der Waals surface area contributed by atoms with Gasteiger partial charge in [-0.2, -0.15) is 0 Å². The lowest BCUT2D eigenvalue weighted by Gasteiger charge is -2.43.